The molecule has 0 spiro atoms. The summed E-state index contributed by atoms with van der Waals surface area (Å²) in [7, 11) is -3.15. The van der Waals surface area contributed by atoms with Crippen molar-refractivity contribution in [3.63, 3.8) is 0 Å². The molecule has 0 saturated carbocycles. The number of carbonyl (C=O) groups is 1. The molecule has 0 fully saturated rings. The molecule has 106 valence electrons. The molecule has 0 unspecified atom stereocenters. The van der Waals surface area contributed by atoms with Crippen LogP contribution < -0.4 is 16.6 Å². The second-order valence-electron chi connectivity index (χ2n) is 3.80. The maximum atomic E-state index is 13.4. The number of anilines is 1. The second-order valence-corrected chi connectivity index (χ2v) is 6.27. The van der Waals surface area contributed by atoms with Crippen molar-refractivity contribution in [1.29, 1.82) is 0 Å². The molecule has 0 radical (unpaired) electrons. The summed E-state index contributed by atoms with van der Waals surface area (Å²) >= 11 is 0. The van der Waals surface area contributed by atoms with E-state index < -0.39 is 21.6 Å². The zero-order valence-corrected chi connectivity index (χ0v) is 11.3. The van der Waals surface area contributed by atoms with E-state index in [1.165, 1.54) is 19.1 Å². The van der Waals surface area contributed by atoms with Gasteiger partial charge in [-0.2, -0.15) is 0 Å². The van der Waals surface area contributed by atoms with E-state index in [0.29, 0.717) is 0 Å². The first-order chi connectivity index (χ1) is 8.91. The second kappa shape index (κ2) is 6.48. The number of para-hydroxylation sites is 1. The molecule has 6 nitrogen and oxygen atoms in total. The van der Waals surface area contributed by atoms with E-state index in [9.17, 15) is 17.6 Å². The van der Waals surface area contributed by atoms with Crippen molar-refractivity contribution >= 4 is 21.4 Å². The standard InChI is InChI=1S/C11H16FN3O3S/c1-2-19(17,18)7-6-14-11(16)8-4-3-5-9(12)10(8)15-13/h3-5,15H,2,6-7,13H2,1H3,(H,14,16). The Hall–Kier alpha value is -1.67. The van der Waals surface area contributed by atoms with E-state index in [4.69, 9.17) is 5.84 Å². The Morgan fingerprint density at radius 1 is 1.42 bits per heavy atom. The number of benzene rings is 1. The topological polar surface area (TPSA) is 101 Å². The van der Waals surface area contributed by atoms with Crippen molar-refractivity contribution in [2.24, 2.45) is 5.84 Å². The van der Waals surface area contributed by atoms with Gasteiger partial charge in [-0.3, -0.25) is 10.6 Å². The summed E-state index contributed by atoms with van der Waals surface area (Å²) in [5, 5.41) is 2.41. The zero-order chi connectivity index (χ0) is 14.5. The highest BCUT2D eigenvalue weighted by Crippen LogP contribution is 2.18. The summed E-state index contributed by atoms with van der Waals surface area (Å²) in [6.45, 7) is 1.50. The van der Waals surface area contributed by atoms with Crippen molar-refractivity contribution in [2.75, 3.05) is 23.5 Å². The number of nitrogen functional groups attached to an aromatic ring is 1. The van der Waals surface area contributed by atoms with Gasteiger partial charge in [0.05, 0.1) is 17.0 Å². The molecule has 0 heterocycles. The van der Waals surface area contributed by atoms with Crippen LogP contribution in [-0.2, 0) is 9.84 Å². The van der Waals surface area contributed by atoms with Crippen LogP contribution in [0.4, 0.5) is 10.1 Å². The molecule has 1 amide bonds. The van der Waals surface area contributed by atoms with Gasteiger partial charge in [0.1, 0.15) is 5.82 Å². The highest BCUT2D eigenvalue weighted by atomic mass is 32.2. The number of nitrogens with one attached hydrogen (secondary N) is 2. The van der Waals surface area contributed by atoms with Crippen LogP contribution >= 0.6 is 0 Å². The Bertz CT molecular complexity index is 560. The quantitative estimate of drug-likeness (QED) is 0.515. The first-order valence-electron chi connectivity index (χ1n) is 5.65. The van der Waals surface area contributed by atoms with E-state index in [2.05, 4.69) is 10.7 Å². The lowest BCUT2D eigenvalue weighted by molar-refractivity contribution is 0.0956. The molecular formula is C11H16FN3O3S. The fourth-order valence-electron chi connectivity index (χ4n) is 1.42. The molecule has 0 saturated heterocycles. The Morgan fingerprint density at radius 2 is 2.11 bits per heavy atom. The Kier molecular flexibility index (Phi) is 5.25. The molecule has 19 heavy (non-hydrogen) atoms. The van der Waals surface area contributed by atoms with Gasteiger partial charge >= 0.3 is 0 Å². The Morgan fingerprint density at radius 3 is 2.68 bits per heavy atom. The van der Waals surface area contributed by atoms with Crippen LogP contribution in [0.2, 0.25) is 0 Å². The average molecular weight is 289 g/mol. The molecular weight excluding hydrogens is 273 g/mol. The molecule has 0 bridgehead atoms. The fourth-order valence-corrected chi connectivity index (χ4v) is 2.12. The number of hydrogen-bond acceptors (Lipinski definition) is 5. The molecule has 0 aliphatic rings. The van der Waals surface area contributed by atoms with Crippen molar-refractivity contribution in [2.45, 2.75) is 6.92 Å². The van der Waals surface area contributed by atoms with E-state index >= 15 is 0 Å². The van der Waals surface area contributed by atoms with Gasteiger partial charge < -0.3 is 10.7 Å². The van der Waals surface area contributed by atoms with Crippen molar-refractivity contribution in [1.82, 2.24) is 5.32 Å². The van der Waals surface area contributed by atoms with E-state index in [1.807, 2.05) is 0 Å². The fraction of sp³-hybridized carbons (Fsp3) is 0.364. The van der Waals surface area contributed by atoms with E-state index in [0.717, 1.165) is 6.07 Å². The first kappa shape index (κ1) is 15.4. The van der Waals surface area contributed by atoms with Crippen LogP contribution in [0.5, 0.6) is 0 Å². The zero-order valence-electron chi connectivity index (χ0n) is 10.4. The van der Waals surface area contributed by atoms with E-state index in [1.54, 1.807) is 0 Å². The molecule has 0 atom stereocenters. The molecule has 0 aliphatic carbocycles. The van der Waals surface area contributed by atoms with Gasteiger partial charge in [0.15, 0.2) is 9.84 Å². The summed E-state index contributed by atoms with van der Waals surface area (Å²) in [6.07, 6.45) is 0. The Balaban J connectivity index is 2.72. The summed E-state index contributed by atoms with van der Waals surface area (Å²) in [6, 6.07) is 3.92. The number of nitrogens with two attached hydrogens (primary N) is 1. The van der Waals surface area contributed by atoms with Crippen LogP contribution in [0.25, 0.3) is 0 Å². The number of hydrazine groups is 1. The normalized spacial score (nSPS) is 11.1. The van der Waals surface area contributed by atoms with Crippen LogP contribution in [-0.4, -0.2) is 32.4 Å². The minimum absolute atomic E-state index is 0.0123. The van der Waals surface area contributed by atoms with Crippen LogP contribution in [0.15, 0.2) is 18.2 Å². The first-order valence-corrected chi connectivity index (χ1v) is 7.47. The number of sulfone groups is 1. The van der Waals surface area contributed by atoms with Crippen LogP contribution in [0, 0.1) is 5.82 Å². The van der Waals surface area contributed by atoms with Crippen LogP contribution in [0.1, 0.15) is 17.3 Å². The monoisotopic (exact) mass is 289 g/mol. The number of halogens is 1. The summed E-state index contributed by atoms with van der Waals surface area (Å²) in [4.78, 5) is 11.8. The SMILES string of the molecule is CCS(=O)(=O)CCNC(=O)c1cccc(F)c1NN. The lowest BCUT2D eigenvalue weighted by Crippen LogP contribution is -2.30. The highest BCUT2D eigenvalue weighted by Gasteiger charge is 2.15. The summed E-state index contributed by atoms with van der Waals surface area (Å²) in [5.41, 5.74) is 2.01. The maximum Gasteiger partial charge on any atom is 0.253 e. The van der Waals surface area contributed by atoms with E-state index in [-0.39, 0.29) is 29.3 Å². The third-order valence-electron chi connectivity index (χ3n) is 2.54. The van der Waals surface area contributed by atoms with Crippen LogP contribution in [0.3, 0.4) is 0 Å². The number of hydrogen-bond donors (Lipinski definition) is 3. The lowest BCUT2D eigenvalue weighted by atomic mass is 10.1. The smallest absolute Gasteiger partial charge is 0.253 e. The van der Waals surface area contributed by atoms with Gasteiger partial charge in [0.25, 0.3) is 5.91 Å². The van der Waals surface area contributed by atoms with Gasteiger partial charge in [-0.05, 0) is 12.1 Å². The maximum absolute atomic E-state index is 13.4. The Labute approximate surface area is 111 Å². The predicted octanol–water partition coefficient (Wildman–Crippen LogP) is 0.276. The van der Waals surface area contributed by atoms with Crippen molar-refractivity contribution in [3.8, 4) is 0 Å². The van der Waals surface area contributed by atoms with Crippen molar-refractivity contribution < 1.29 is 17.6 Å². The minimum atomic E-state index is -3.15. The van der Waals surface area contributed by atoms with Gasteiger partial charge in [0, 0.05) is 12.3 Å². The average Bonchev–Trinajstić information content (AvgIpc) is 2.38. The van der Waals surface area contributed by atoms with Gasteiger partial charge in [-0.25, -0.2) is 12.8 Å². The predicted molar refractivity (Wildman–Crippen MR) is 70.9 cm³/mol. The molecule has 0 aliphatic heterocycles. The molecule has 1 aromatic rings. The lowest BCUT2D eigenvalue weighted by Gasteiger charge is -2.10. The summed E-state index contributed by atoms with van der Waals surface area (Å²) < 4.78 is 35.9. The third-order valence-corrected chi connectivity index (χ3v) is 4.25. The molecule has 8 heteroatoms. The number of rotatable bonds is 6. The summed E-state index contributed by atoms with van der Waals surface area (Å²) in [5.74, 6) is 3.76. The number of amides is 1. The van der Waals surface area contributed by atoms with Crippen molar-refractivity contribution in [3.05, 3.63) is 29.6 Å². The molecule has 4 N–H and O–H groups in total. The molecule has 0 aromatic heterocycles. The van der Waals surface area contributed by atoms with Gasteiger partial charge in [-0.1, -0.05) is 13.0 Å². The minimum Gasteiger partial charge on any atom is -0.351 e. The highest BCUT2D eigenvalue weighted by molar-refractivity contribution is 7.91. The molecule has 1 rings (SSSR count). The van der Waals surface area contributed by atoms with Gasteiger partial charge in [-0.15, -0.1) is 0 Å². The third kappa shape index (κ3) is 4.18. The number of carbonyl (C=O) groups excluding carboxylic acids is 1. The largest absolute Gasteiger partial charge is 0.351 e. The van der Waals surface area contributed by atoms with Gasteiger partial charge in [0.2, 0.25) is 0 Å². The molecule has 1 aromatic carbocycles.